The molecule has 1 aromatic heterocycles. The van der Waals surface area contributed by atoms with Crippen molar-refractivity contribution in [2.75, 3.05) is 0 Å². The molecule has 4 rings (SSSR count). The van der Waals surface area contributed by atoms with E-state index < -0.39 is 16.4 Å². The molecule has 0 aliphatic carbocycles. The second kappa shape index (κ2) is 7.84. The average molecular weight is 482 g/mol. The normalized spacial score (nSPS) is 11.5. The maximum absolute atomic E-state index is 11.1. The zero-order valence-electron chi connectivity index (χ0n) is 16.5. The number of fused-ring (bicyclic) bond motifs is 1. The van der Waals surface area contributed by atoms with Crippen LogP contribution >= 0.6 is 15.9 Å². The number of nitro groups is 1. The van der Waals surface area contributed by atoms with Crippen molar-refractivity contribution in [3.63, 3.8) is 0 Å². The van der Waals surface area contributed by atoms with Gasteiger partial charge in [-0.05, 0) is 55.3 Å². The number of nitrogens with zero attached hydrogens (tertiary/aromatic N) is 3. The molecule has 0 atom stereocenters. The molecular weight excluding hydrogens is 466 g/mol. The van der Waals surface area contributed by atoms with Crippen molar-refractivity contribution in [2.24, 2.45) is 4.99 Å². The summed E-state index contributed by atoms with van der Waals surface area (Å²) in [6.45, 7) is 3.89. The Hall–Kier alpha value is -3.72. The van der Waals surface area contributed by atoms with Gasteiger partial charge >= 0.3 is 5.69 Å². The van der Waals surface area contributed by atoms with Gasteiger partial charge in [0.15, 0.2) is 5.58 Å². The Morgan fingerprint density at radius 2 is 1.94 bits per heavy atom. The van der Waals surface area contributed by atoms with Gasteiger partial charge in [-0.25, -0.2) is 4.98 Å². The third-order valence-electron chi connectivity index (χ3n) is 4.66. The summed E-state index contributed by atoms with van der Waals surface area (Å²) >= 11 is 3.19. The zero-order valence-corrected chi connectivity index (χ0v) is 18.0. The number of rotatable bonds is 4. The molecule has 4 aromatic rings. The van der Waals surface area contributed by atoms with Gasteiger partial charge < -0.3 is 14.6 Å². The SMILES string of the molecule is Cc1cc(C)c2oc(-c3cc(N=Cc4cc(Br)cc([N+](=O)[O-])c4O)ccc3O)nc2c1. The van der Waals surface area contributed by atoms with Gasteiger partial charge in [0, 0.05) is 22.3 Å². The molecule has 0 fully saturated rings. The maximum Gasteiger partial charge on any atom is 0.312 e. The lowest BCUT2D eigenvalue weighted by atomic mass is 10.1. The van der Waals surface area contributed by atoms with E-state index in [2.05, 4.69) is 25.9 Å². The first-order chi connectivity index (χ1) is 14.7. The van der Waals surface area contributed by atoms with Crippen LogP contribution in [0.3, 0.4) is 0 Å². The summed E-state index contributed by atoms with van der Waals surface area (Å²) in [7, 11) is 0. The van der Waals surface area contributed by atoms with Crippen molar-refractivity contribution in [3.8, 4) is 23.0 Å². The number of halogens is 1. The lowest BCUT2D eigenvalue weighted by Gasteiger charge is -2.03. The van der Waals surface area contributed by atoms with E-state index in [1.54, 1.807) is 12.1 Å². The van der Waals surface area contributed by atoms with Crippen molar-refractivity contribution < 1.29 is 19.6 Å². The van der Waals surface area contributed by atoms with Crippen LogP contribution in [0.25, 0.3) is 22.6 Å². The molecule has 0 radical (unpaired) electrons. The van der Waals surface area contributed by atoms with E-state index in [0.29, 0.717) is 26.8 Å². The van der Waals surface area contributed by atoms with Crippen LogP contribution in [-0.4, -0.2) is 26.3 Å². The number of hydrogen-bond acceptors (Lipinski definition) is 7. The number of oxazole rings is 1. The molecule has 3 aromatic carbocycles. The lowest BCUT2D eigenvalue weighted by Crippen LogP contribution is -1.92. The molecule has 2 N–H and O–H groups in total. The number of hydrogen-bond donors (Lipinski definition) is 2. The third-order valence-corrected chi connectivity index (χ3v) is 5.12. The Bertz CT molecular complexity index is 1380. The second-order valence-corrected chi connectivity index (χ2v) is 7.94. The number of nitro benzene ring substituents is 1. The molecule has 8 nitrogen and oxygen atoms in total. The standard InChI is InChI=1S/C22H16BrN3O5/c1-11-5-12(2)21-17(6-11)25-22(31-21)16-9-15(3-4-19(16)27)24-10-13-7-14(23)8-18(20(13)28)26(29)30/h3-10,27-28H,1-2H3. The molecule has 0 aliphatic heterocycles. The minimum absolute atomic E-state index is 0.0270. The topological polar surface area (TPSA) is 122 Å². The Labute approximate surface area is 184 Å². The van der Waals surface area contributed by atoms with Gasteiger partial charge in [0.2, 0.25) is 11.6 Å². The summed E-state index contributed by atoms with van der Waals surface area (Å²) in [6, 6.07) is 11.2. The molecule has 0 unspecified atom stereocenters. The number of aryl methyl sites for hydroxylation is 2. The van der Waals surface area contributed by atoms with Gasteiger partial charge in [0.05, 0.1) is 16.2 Å². The molecule has 0 saturated carbocycles. The van der Waals surface area contributed by atoms with Crippen LogP contribution in [0.4, 0.5) is 11.4 Å². The molecule has 0 amide bonds. The van der Waals surface area contributed by atoms with E-state index in [4.69, 9.17) is 4.42 Å². The monoisotopic (exact) mass is 481 g/mol. The number of aromatic hydroxyl groups is 2. The van der Waals surface area contributed by atoms with Crippen LogP contribution in [0, 0.1) is 24.0 Å². The van der Waals surface area contributed by atoms with Crippen LogP contribution in [-0.2, 0) is 0 Å². The number of phenolic OH excluding ortho intramolecular Hbond substituents is 2. The van der Waals surface area contributed by atoms with Crippen molar-refractivity contribution in [2.45, 2.75) is 13.8 Å². The van der Waals surface area contributed by atoms with Gasteiger partial charge in [-0.3, -0.25) is 15.1 Å². The highest BCUT2D eigenvalue weighted by atomic mass is 79.9. The van der Waals surface area contributed by atoms with Gasteiger partial charge in [-0.2, -0.15) is 0 Å². The highest BCUT2D eigenvalue weighted by molar-refractivity contribution is 9.10. The van der Waals surface area contributed by atoms with Crippen molar-refractivity contribution in [1.82, 2.24) is 4.98 Å². The molecule has 31 heavy (non-hydrogen) atoms. The lowest BCUT2D eigenvalue weighted by molar-refractivity contribution is -0.385. The van der Waals surface area contributed by atoms with E-state index in [1.165, 1.54) is 24.4 Å². The maximum atomic E-state index is 11.1. The number of aromatic nitrogens is 1. The molecule has 0 aliphatic rings. The highest BCUT2D eigenvalue weighted by Gasteiger charge is 2.18. The van der Waals surface area contributed by atoms with E-state index in [1.807, 2.05) is 26.0 Å². The van der Waals surface area contributed by atoms with Crippen LogP contribution in [0.15, 0.2) is 56.3 Å². The number of phenols is 2. The van der Waals surface area contributed by atoms with Crippen LogP contribution in [0.2, 0.25) is 0 Å². The fourth-order valence-corrected chi connectivity index (χ4v) is 3.72. The average Bonchev–Trinajstić information content (AvgIpc) is 3.13. The van der Waals surface area contributed by atoms with Gasteiger partial charge in [0.1, 0.15) is 11.3 Å². The first kappa shape index (κ1) is 20.5. The van der Waals surface area contributed by atoms with Crippen molar-refractivity contribution >= 4 is 44.6 Å². The van der Waals surface area contributed by atoms with Crippen molar-refractivity contribution in [1.29, 1.82) is 0 Å². The van der Waals surface area contributed by atoms with E-state index >= 15 is 0 Å². The van der Waals surface area contributed by atoms with Gasteiger partial charge in [0.25, 0.3) is 0 Å². The predicted molar refractivity (Wildman–Crippen MR) is 120 cm³/mol. The van der Waals surface area contributed by atoms with E-state index in [0.717, 1.165) is 11.1 Å². The summed E-state index contributed by atoms with van der Waals surface area (Å²) in [6.07, 6.45) is 1.31. The zero-order chi connectivity index (χ0) is 22.3. The first-order valence-electron chi connectivity index (χ1n) is 9.15. The Morgan fingerprint density at radius 1 is 1.16 bits per heavy atom. The minimum atomic E-state index is -0.674. The Kier molecular flexibility index (Phi) is 5.20. The Morgan fingerprint density at radius 3 is 2.68 bits per heavy atom. The molecule has 0 bridgehead atoms. The van der Waals surface area contributed by atoms with Crippen LogP contribution in [0.1, 0.15) is 16.7 Å². The fourth-order valence-electron chi connectivity index (χ4n) is 3.25. The first-order valence-corrected chi connectivity index (χ1v) is 9.94. The summed E-state index contributed by atoms with van der Waals surface area (Å²) in [5.41, 5.74) is 3.84. The highest BCUT2D eigenvalue weighted by Crippen LogP contribution is 2.36. The molecule has 1 heterocycles. The third kappa shape index (κ3) is 3.99. The summed E-state index contributed by atoms with van der Waals surface area (Å²) < 4.78 is 6.30. The molecule has 9 heteroatoms. The number of aliphatic imine (C=N–C) groups is 1. The smallest absolute Gasteiger partial charge is 0.312 e. The molecule has 156 valence electrons. The summed E-state index contributed by atoms with van der Waals surface area (Å²) in [5.74, 6) is -0.263. The number of benzene rings is 3. The van der Waals surface area contributed by atoms with Crippen LogP contribution in [0.5, 0.6) is 11.5 Å². The molecule has 0 saturated heterocycles. The van der Waals surface area contributed by atoms with Crippen molar-refractivity contribution in [3.05, 3.63) is 73.7 Å². The molecular formula is C22H16BrN3O5. The van der Waals surface area contributed by atoms with Crippen LogP contribution < -0.4 is 0 Å². The van der Waals surface area contributed by atoms with Gasteiger partial charge in [-0.15, -0.1) is 0 Å². The summed E-state index contributed by atoms with van der Waals surface area (Å²) in [5, 5.41) is 31.6. The second-order valence-electron chi connectivity index (χ2n) is 7.03. The fraction of sp³-hybridized carbons (Fsp3) is 0.0909. The Balaban J connectivity index is 1.74. The largest absolute Gasteiger partial charge is 0.507 e. The quantitative estimate of drug-likeness (QED) is 0.211. The predicted octanol–water partition coefficient (Wildman–Crippen LogP) is 5.94. The summed E-state index contributed by atoms with van der Waals surface area (Å²) in [4.78, 5) is 19.2. The van der Waals surface area contributed by atoms with Gasteiger partial charge in [-0.1, -0.05) is 22.0 Å². The molecule has 0 spiro atoms. The minimum Gasteiger partial charge on any atom is -0.507 e. The van der Waals surface area contributed by atoms with E-state index in [-0.39, 0.29) is 17.2 Å². The van der Waals surface area contributed by atoms with E-state index in [9.17, 15) is 20.3 Å².